The van der Waals surface area contributed by atoms with Crippen molar-refractivity contribution < 1.29 is 4.74 Å². The van der Waals surface area contributed by atoms with Crippen molar-refractivity contribution in [2.45, 2.75) is 13.0 Å². The molecule has 3 rings (SSSR count). The van der Waals surface area contributed by atoms with Gasteiger partial charge in [-0.05, 0) is 18.2 Å². The normalized spacial score (nSPS) is 28.6. The zero-order valence-electron chi connectivity index (χ0n) is 10.7. The lowest BCUT2D eigenvalue weighted by Gasteiger charge is -2.41. The van der Waals surface area contributed by atoms with Crippen LogP contribution in [0.15, 0.2) is 18.2 Å². The van der Waals surface area contributed by atoms with Crippen molar-refractivity contribution in [3.8, 4) is 5.75 Å². The number of halogens is 1. The van der Waals surface area contributed by atoms with Crippen molar-refractivity contribution in [1.29, 1.82) is 0 Å². The van der Waals surface area contributed by atoms with Crippen LogP contribution in [0, 0.1) is 5.92 Å². The Morgan fingerprint density at radius 2 is 2.11 bits per heavy atom. The van der Waals surface area contributed by atoms with Crippen molar-refractivity contribution >= 4 is 11.6 Å². The van der Waals surface area contributed by atoms with Crippen molar-refractivity contribution in [3.05, 3.63) is 28.8 Å². The maximum atomic E-state index is 6.14. The van der Waals surface area contributed by atoms with E-state index in [1.165, 1.54) is 5.56 Å². The third-order valence-corrected chi connectivity index (χ3v) is 4.11. The largest absolute Gasteiger partial charge is 0.493 e. The van der Waals surface area contributed by atoms with Crippen LogP contribution in [-0.4, -0.2) is 37.7 Å². The highest BCUT2D eigenvalue weighted by atomic mass is 35.5. The van der Waals surface area contributed by atoms with E-state index in [9.17, 15) is 0 Å². The second-order valence-corrected chi connectivity index (χ2v) is 5.64. The number of fused-ring (bicyclic) bond motifs is 1. The molecule has 1 aromatic rings. The number of nitrogens with one attached hydrogen (secondary N) is 1. The number of hydrogen-bond donors (Lipinski definition) is 1. The lowest BCUT2D eigenvalue weighted by molar-refractivity contribution is 0.0802. The quantitative estimate of drug-likeness (QED) is 0.844. The predicted octanol–water partition coefficient (Wildman–Crippen LogP) is 2.31. The molecule has 2 atom stereocenters. The highest BCUT2D eigenvalue weighted by Crippen LogP contribution is 2.40. The summed E-state index contributed by atoms with van der Waals surface area (Å²) in [5.41, 5.74) is 1.25. The Kier molecular flexibility index (Phi) is 3.46. The summed E-state index contributed by atoms with van der Waals surface area (Å²) in [7, 11) is 0. The summed E-state index contributed by atoms with van der Waals surface area (Å²) in [5, 5.41) is 4.20. The zero-order valence-corrected chi connectivity index (χ0v) is 11.4. The highest BCUT2D eigenvalue weighted by molar-refractivity contribution is 6.30. The molecule has 3 nitrogen and oxygen atoms in total. The zero-order chi connectivity index (χ0) is 12.5. The van der Waals surface area contributed by atoms with Gasteiger partial charge in [-0.25, -0.2) is 0 Å². The van der Waals surface area contributed by atoms with Crippen molar-refractivity contribution in [2.75, 3.05) is 32.8 Å². The predicted molar refractivity (Wildman–Crippen MR) is 73.3 cm³/mol. The number of rotatable bonds is 1. The van der Waals surface area contributed by atoms with Crippen LogP contribution >= 0.6 is 11.6 Å². The Hall–Kier alpha value is -0.770. The van der Waals surface area contributed by atoms with E-state index in [-0.39, 0.29) is 0 Å². The van der Waals surface area contributed by atoms with Gasteiger partial charge in [-0.3, -0.25) is 4.90 Å². The average molecular weight is 267 g/mol. The van der Waals surface area contributed by atoms with E-state index in [1.54, 1.807) is 0 Å². The minimum atomic E-state index is 0.439. The molecule has 0 radical (unpaired) electrons. The summed E-state index contributed by atoms with van der Waals surface area (Å²) >= 11 is 6.14. The number of piperazine rings is 1. The molecule has 1 aromatic carbocycles. The van der Waals surface area contributed by atoms with E-state index in [2.05, 4.69) is 23.2 Å². The van der Waals surface area contributed by atoms with Crippen LogP contribution < -0.4 is 10.1 Å². The molecule has 18 heavy (non-hydrogen) atoms. The summed E-state index contributed by atoms with van der Waals surface area (Å²) in [6, 6.07) is 6.41. The molecule has 0 spiro atoms. The fourth-order valence-corrected chi connectivity index (χ4v) is 3.20. The number of nitrogens with zero attached hydrogens (tertiary/aromatic N) is 1. The first-order chi connectivity index (χ1) is 8.75. The topological polar surface area (TPSA) is 24.5 Å². The summed E-state index contributed by atoms with van der Waals surface area (Å²) in [6.07, 6.45) is 0. The first kappa shape index (κ1) is 12.3. The van der Waals surface area contributed by atoms with Gasteiger partial charge in [0.05, 0.1) is 6.61 Å². The molecule has 1 saturated heterocycles. The van der Waals surface area contributed by atoms with Crippen LogP contribution in [0.3, 0.4) is 0 Å². The van der Waals surface area contributed by atoms with E-state index in [4.69, 9.17) is 16.3 Å². The Morgan fingerprint density at radius 3 is 2.89 bits per heavy atom. The monoisotopic (exact) mass is 266 g/mol. The van der Waals surface area contributed by atoms with E-state index < -0.39 is 0 Å². The van der Waals surface area contributed by atoms with Gasteiger partial charge in [-0.1, -0.05) is 18.5 Å². The van der Waals surface area contributed by atoms with E-state index in [0.717, 1.165) is 43.6 Å². The van der Waals surface area contributed by atoms with Crippen molar-refractivity contribution in [1.82, 2.24) is 10.2 Å². The Balaban J connectivity index is 1.95. The van der Waals surface area contributed by atoms with Gasteiger partial charge >= 0.3 is 0 Å². The summed E-state index contributed by atoms with van der Waals surface area (Å²) in [4.78, 5) is 2.55. The maximum Gasteiger partial charge on any atom is 0.124 e. The lowest BCUT2D eigenvalue weighted by Crippen LogP contribution is -2.48. The second-order valence-electron chi connectivity index (χ2n) is 5.20. The molecule has 0 saturated carbocycles. The fourth-order valence-electron chi connectivity index (χ4n) is 3.02. The lowest BCUT2D eigenvalue weighted by atomic mass is 9.90. The van der Waals surface area contributed by atoms with Crippen LogP contribution in [0.4, 0.5) is 0 Å². The van der Waals surface area contributed by atoms with E-state index in [0.29, 0.717) is 12.0 Å². The molecular formula is C14H19ClN2O. The molecular weight excluding hydrogens is 248 g/mol. The summed E-state index contributed by atoms with van der Waals surface area (Å²) < 4.78 is 5.81. The van der Waals surface area contributed by atoms with Gasteiger partial charge in [0, 0.05) is 48.7 Å². The molecule has 0 bridgehead atoms. The van der Waals surface area contributed by atoms with Crippen molar-refractivity contribution in [2.24, 2.45) is 5.92 Å². The molecule has 0 aromatic heterocycles. The van der Waals surface area contributed by atoms with Gasteiger partial charge in [0.2, 0.25) is 0 Å². The van der Waals surface area contributed by atoms with Crippen LogP contribution in [0.2, 0.25) is 5.02 Å². The summed E-state index contributed by atoms with van der Waals surface area (Å²) in [6.45, 7) is 7.39. The number of benzene rings is 1. The third-order valence-electron chi connectivity index (χ3n) is 3.88. The molecule has 2 aliphatic rings. The Labute approximate surface area is 113 Å². The van der Waals surface area contributed by atoms with Crippen LogP contribution in [0.25, 0.3) is 0 Å². The third kappa shape index (κ3) is 2.22. The molecule has 0 amide bonds. The van der Waals surface area contributed by atoms with Gasteiger partial charge < -0.3 is 10.1 Å². The van der Waals surface area contributed by atoms with Gasteiger partial charge in [0.25, 0.3) is 0 Å². The smallest absolute Gasteiger partial charge is 0.124 e. The number of hydrogen-bond acceptors (Lipinski definition) is 3. The SMILES string of the molecule is CC1COc2ccc(Cl)cc2C1N1CCNCC1. The summed E-state index contributed by atoms with van der Waals surface area (Å²) in [5.74, 6) is 1.51. The molecule has 1 fully saturated rings. The minimum absolute atomic E-state index is 0.439. The highest BCUT2D eigenvalue weighted by Gasteiger charge is 2.33. The van der Waals surface area contributed by atoms with Crippen molar-refractivity contribution in [3.63, 3.8) is 0 Å². The van der Waals surface area contributed by atoms with E-state index in [1.807, 2.05) is 12.1 Å². The number of ether oxygens (including phenoxy) is 1. The van der Waals surface area contributed by atoms with Crippen LogP contribution in [-0.2, 0) is 0 Å². The first-order valence-electron chi connectivity index (χ1n) is 6.63. The van der Waals surface area contributed by atoms with Crippen LogP contribution in [0.1, 0.15) is 18.5 Å². The maximum absolute atomic E-state index is 6.14. The molecule has 0 aliphatic carbocycles. The molecule has 98 valence electrons. The first-order valence-corrected chi connectivity index (χ1v) is 7.00. The Morgan fingerprint density at radius 1 is 1.33 bits per heavy atom. The standard InChI is InChI=1S/C14H19ClN2O/c1-10-9-18-13-3-2-11(15)8-12(13)14(10)17-6-4-16-5-7-17/h2-3,8,10,14,16H,4-7,9H2,1H3. The molecule has 2 heterocycles. The molecule has 4 heteroatoms. The minimum Gasteiger partial charge on any atom is -0.493 e. The fraction of sp³-hybridized carbons (Fsp3) is 0.571. The molecule has 2 aliphatic heterocycles. The van der Waals surface area contributed by atoms with Gasteiger partial charge in [-0.15, -0.1) is 0 Å². The average Bonchev–Trinajstić information content (AvgIpc) is 2.39. The van der Waals surface area contributed by atoms with E-state index >= 15 is 0 Å². The van der Waals surface area contributed by atoms with Crippen LogP contribution in [0.5, 0.6) is 5.75 Å². The Bertz CT molecular complexity index is 432. The second kappa shape index (κ2) is 5.08. The van der Waals surface area contributed by atoms with Gasteiger partial charge in [-0.2, -0.15) is 0 Å². The van der Waals surface area contributed by atoms with Gasteiger partial charge in [0.1, 0.15) is 5.75 Å². The molecule has 2 unspecified atom stereocenters. The van der Waals surface area contributed by atoms with Gasteiger partial charge in [0.15, 0.2) is 0 Å². The molecule has 1 N–H and O–H groups in total.